The van der Waals surface area contributed by atoms with E-state index in [4.69, 9.17) is 44.6 Å². The van der Waals surface area contributed by atoms with Crippen molar-refractivity contribution < 1.29 is 14.6 Å². The second kappa shape index (κ2) is 5.65. The van der Waals surface area contributed by atoms with Crippen molar-refractivity contribution in [2.45, 2.75) is 0 Å². The monoisotopic (exact) mass is 317 g/mol. The minimum atomic E-state index is -1.12. The lowest BCUT2D eigenvalue weighted by Gasteiger charge is -2.07. The Bertz CT molecular complexity index is 626. The lowest BCUT2D eigenvalue weighted by atomic mass is 10.3. The predicted molar refractivity (Wildman–Crippen MR) is 72.7 cm³/mol. The van der Waals surface area contributed by atoms with Crippen LogP contribution >= 0.6 is 34.8 Å². The Morgan fingerprint density at radius 1 is 1.11 bits per heavy atom. The number of carbonyl (C=O) groups is 1. The number of pyridine rings is 1. The van der Waals surface area contributed by atoms with E-state index in [-0.39, 0.29) is 16.5 Å². The quantitative estimate of drug-likeness (QED) is 0.903. The Morgan fingerprint density at radius 2 is 1.74 bits per heavy atom. The summed E-state index contributed by atoms with van der Waals surface area (Å²) in [6, 6.07) is 5.88. The third-order valence-electron chi connectivity index (χ3n) is 2.10. The molecule has 0 saturated heterocycles. The zero-order valence-corrected chi connectivity index (χ0v) is 11.5. The van der Waals surface area contributed by atoms with E-state index in [9.17, 15) is 4.79 Å². The van der Waals surface area contributed by atoms with Gasteiger partial charge in [-0.3, -0.25) is 0 Å². The van der Waals surface area contributed by atoms with E-state index in [1.54, 1.807) is 6.07 Å². The predicted octanol–water partition coefficient (Wildman–Crippen LogP) is 4.53. The van der Waals surface area contributed by atoms with Crippen molar-refractivity contribution in [2.75, 3.05) is 0 Å². The second-order valence-electron chi connectivity index (χ2n) is 3.52. The summed E-state index contributed by atoms with van der Waals surface area (Å²) in [5, 5.41) is 9.67. The van der Waals surface area contributed by atoms with Crippen molar-refractivity contribution in [3.8, 4) is 11.6 Å². The molecular formula is C12H6Cl3NO3. The fourth-order valence-electron chi connectivity index (χ4n) is 1.32. The molecule has 1 heterocycles. The highest BCUT2D eigenvalue weighted by molar-refractivity contribution is 6.34. The van der Waals surface area contributed by atoms with Gasteiger partial charge in [0, 0.05) is 16.2 Å². The van der Waals surface area contributed by atoms with Crippen molar-refractivity contribution in [1.29, 1.82) is 0 Å². The van der Waals surface area contributed by atoms with Crippen molar-refractivity contribution in [1.82, 2.24) is 4.98 Å². The van der Waals surface area contributed by atoms with Gasteiger partial charge in [0.1, 0.15) is 10.8 Å². The number of rotatable bonds is 3. The normalized spacial score (nSPS) is 10.3. The topological polar surface area (TPSA) is 59.4 Å². The number of benzene rings is 1. The van der Waals surface area contributed by atoms with Gasteiger partial charge < -0.3 is 9.84 Å². The molecule has 0 fully saturated rings. The molecule has 1 aromatic carbocycles. The molecule has 98 valence electrons. The Hall–Kier alpha value is -1.49. The van der Waals surface area contributed by atoms with E-state index in [1.165, 1.54) is 18.2 Å². The molecule has 7 heteroatoms. The van der Waals surface area contributed by atoms with Crippen LogP contribution in [0.15, 0.2) is 30.5 Å². The average Bonchev–Trinajstić information content (AvgIpc) is 2.30. The lowest BCUT2D eigenvalue weighted by molar-refractivity contribution is 0.0696. The van der Waals surface area contributed by atoms with Gasteiger partial charge in [-0.05, 0) is 24.3 Å². The molecule has 0 bridgehead atoms. The van der Waals surface area contributed by atoms with E-state index in [1.807, 2.05) is 0 Å². The summed E-state index contributed by atoms with van der Waals surface area (Å²) >= 11 is 17.5. The molecule has 2 aromatic rings. The van der Waals surface area contributed by atoms with Crippen molar-refractivity contribution in [3.63, 3.8) is 0 Å². The third-order valence-corrected chi connectivity index (χ3v) is 2.81. The molecule has 1 N–H and O–H groups in total. The number of nitrogens with zero attached hydrogens (tertiary/aromatic N) is 1. The summed E-state index contributed by atoms with van der Waals surface area (Å²) in [4.78, 5) is 14.6. The number of carboxylic acids is 1. The van der Waals surface area contributed by atoms with E-state index >= 15 is 0 Å². The van der Waals surface area contributed by atoms with Crippen LogP contribution in [0.3, 0.4) is 0 Å². The molecule has 0 saturated carbocycles. The van der Waals surface area contributed by atoms with Crippen molar-refractivity contribution in [2.24, 2.45) is 0 Å². The van der Waals surface area contributed by atoms with Crippen LogP contribution in [0.5, 0.6) is 11.6 Å². The maximum absolute atomic E-state index is 10.7. The fraction of sp³-hybridized carbons (Fsp3) is 0. The van der Waals surface area contributed by atoms with Crippen molar-refractivity contribution >= 4 is 40.8 Å². The molecule has 0 unspecified atom stereocenters. The standard InChI is InChI=1S/C12H6Cl3NO3/c13-7-2-8(14)4-9(3-7)19-11-10(15)1-6(5-16-11)12(17)18/h1-5H,(H,17,18). The maximum Gasteiger partial charge on any atom is 0.337 e. The fourth-order valence-corrected chi connectivity index (χ4v) is 2.03. The van der Waals surface area contributed by atoms with Gasteiger partial charge in [0.15, 0.2) is 0 Å². The molecule has 0 aliphatic rings. The molecule has 2 rings (SSSR count). The summed E-state index contributed by atoms with van der Waals surface area (Å²) < 4.78 is 5.40. The maximum atomic E-state index is 10.7. The van der Waals surface area contributed by atoms with Crippen LogP contribution in [-0.4, -0.2) is 16.1 Å². The van der Waals surface area contributed by atoms with Gasteiger partial charge in [-0.2, -0.15) is 0 Å². The highest BCUT2D eigenvalue weighted by Gasteiger charge is 2.11. The molecule has 4 nitrogen and oxygen atoms in total. The van der Waals surface area contributed by atoms with E-state index < -0.39 is 5.97 Å². The van der Waals surface area contributed by atoms with Gasteiger partial charge in [0.25, 0.3) is 0 Å². The summed E-state index contributed by atoms with van der Waals surface area (Å²) in [5.41, 5.74) is -0.0264. The van der Waals surface area contributed by atoms with Gasteiger partial charge >= 0.3 is 5.97 Å². The molecule has 1 aromatic heterocycles. The minimum absolute atomic E-state index is 0.0264. The van der Waals surface area contributed by atoms with Gasteiger partial charge in [0.05, 0.1) is 5.56 Å². The molecular weight excluding hydrogens is 312 g/mol. The molecule has 0 atom stereocenters. The number of ether oxygens (including phenoxy) is 1. The van der Waals surface area contributed by atoms with E-state index in [0.29, 0.717) is 15.8 Å². The van der Waals surface area contributed by atoms with Crippen LogP contribution in [0.2, 0.25) is 15.1 Å². The average molecular weight is 319 g/mol. The van der Waals surface area contributed by atoms with Crippen molar-refractivity contribution in [3.05, 3.63) is 51.1 Å². The first kappa shape index (κ1) is 13.9. The van der Waals surface area contributed by atoms with Crippen LogP contribution < -0.4 is 4.74 Å². The molecule has 0 aliphatic carbocycles. The largest absolute Gasteiger partial charge is 0.478 e. The number of halogens is 3. The molecule has 0 spiro atoms. The van der Waals surface area contributed by atoms with Gasteiger partial charge in [-0.1, -0.05) is 34.8 Å². The summed E-state index contributed by atoms with van der Waals surface area (Å²) in [6.45, 7) is 0. The summed E-state index contributed by atoms with van der Waals surface area (Å²) in [6.07, 6.45) is 1.15. The van der Waals surface area contributed by atoms with Crippen LogP contribution in [0.25, 0.3) is 0 Å². The zero-order chi connectivity index (χ0) is 14.0. The molecule has 19 heavy (non-hydrogen) atoms. The van der Waals surface area contributed by atoms with Crippen LogP contribution in [0, 0.1) is 0 Å². The van der Waals surface area contributed by atoms with Crippen LogP contribution in [-0.2, 0) is 0 Å². The minimum Gasteiger partial charge on any atom is -0.478 e. The first-order valence-corrected chi connectivity index (χ1v) is 6.12. The first-order valence-electron chi connectivity index (χ1n) is 4.98. The molecule has 0 amide bonds. The SMILES string of the molecule is O=C(O)c1cnc(Oc2cc(Cl)cc(Cl)c2)c(Cl)c1. The van der Waals surface area contributed by atoms with E-state index in [0.717, 1.165) is 6.20 Å². The van der Waals surface area contributed by atoms with Crippen LogP contribution in [0.1, 0.15) is 10.4 Å². The van der Waals surface area contributed by atoms with E-state index in [2.05, 4.69) is 4.98 Å². The number of hydrogen-bond acceptors (Lipinski definition) is 3. The first-order chi connectivity index (χ1) is 8.95. The zero-order valence-electron chi connectivity index (χ0n) is 9.23. The Morgan fingerprint density at radius 3 is 2.26 bits per heavy atom. The molecule has 0 aliphatic heterocycles. The lowest BCUT2D eigenvalue weighted by Crippen LogP contribution is -1.98. The second-order valence-corrected chi connectivity index (χ2v) is 4.80. The van der Waals surface area contributed by atoms with Gasteiger partial charge in [-0.25, -0.2) is 9.78 Å². The highest BCUT2D eigenvalue weighted by atomic mass is 35.5. The smallest absolute Gasteiger partial charge is 0.337 e. The Balaban J connectivity index is 2.30. The number of aromatic carboxylic acids is 1. The number of hydrogen-bond donors (Lipinski definition) is 1. The Labute approximate surface area is 123 Å². The highest BCUT2D eigenvalue weighted by Crippen LogP contribution is 2.31. The summed E-state index contributed by atoms with van der Waals surface area (Å²) in [5.74, 6) is -0.688. The number of aromatic nitrogens is 1. The summed E-state index contributed by atoms with van der Waals surface area (Å²) in [7, 11) is 0. The van der Waals surface area contributed by atoms with Crippen LogP contribution in [0.4, 0.5) is 0 Å². The van der Waals surface area contributed by atoms with Gasteiger partial charge in [0.2, 0.25) is 5.88 Å². The third kappa shape index (κ3) is 3.50. The molecule has 0 radical (unpaired) electrons. The Kier molecular flexibility index (Phi) is 4.14. The number of carboxylic acid groups (broad SMARTS) is 1. The van der Waals surface area contributed by atoms with Gasteiger partial charge in [-0.15, -0.1) is 0 Å².